The zero-order valence-corrected chi connectivity index (χ0v) is 24.3. The van der Waals surface area contributed by atoms with Gasteiger partial charge < -0.3 is 20.8 Å². The molecule has 2 amide bonds. The maximum Gasteiger partial charge on any atom is 0.255 e. The van der Waals surface area contributed by atoms with Gasteiger partial charge in [0.15, 0.2) is 5.65 Å². The van der Waals surface area contributed by atoms with Gasteiger partial charge >= 0.3 is 0 Å². The Morgan fingerprint density at radius 3 is 2.60 bits per heavy atom. The SMILES string of the molecule is C=Nc1ccc(CNC(=O)c2cccn3c(C)c(-c4ccsc4)nc23)cc1SCN.O=CNCc1cc(F)cc(F)c1. The number of rotatable bonds is 10. The number of hydrogen-bond acceptors (Lipinski definition) is 7. The van der Waals surface area contributed by atoms with Gasteiger partial charge in [-0.3, -0.25) is 14.6 Å². The smallest absolute Gasteiger partial charge is 0.255 e. The Labute approximate surface area is 249 Å². The molecule has 216 valence electrons. The van der Waals surface area contributed by atoms with Crippen molar-refractivity contribution in [2.75, 3.05) is 5.88 Å². The predicted octanol–water partition coefficient (Wildman–Crippen LogP) is 5.85. The summed E-state index contributed by atoms with van der Waals surface area (Å²) in [5.41, 5.74) is 12.0. The lowest BCUT2D eigenvalue weighted by Crippen LogP contribution is -2.23. The lowest BCUT2D eigenvalue weighted by molar-refractivity contribution is -0.109. The fourth-order valence-corrected chi connectivity index (χ4v) is 5.53. The van der Waals surface area contributed by atoms with Gasteiger partial charge in [0.2, 0.25) is 6.41 Å². The van der Waals surface area contributed by atoms with E-state index in [4.69, 9.17) is 10.7 Å². The van der Waals surface area contributed by atoms with Crippen molar-refractivity contribution in [1.82, 2.24) is 20.0 Å². The van der Waals surface area contributed by atoms with Crippen LogP contribution in [0.4, 0.5) is 14.5 Å². The number of aliphatic imine (C=N–C) groups is 1. The Morgan fingerprint density at radius 1 is 1.14 bits per heavy atom. The molecular formula is C30H28F2N6O2S2. The number of nitrogens with two attached hydrogens (primary N) is 1. The van der Waals surface area contributed by atoms with Crippen molar-refractivity contribution in [2.24, 2.45) is 10.7 Å². The first-order valence-electron chi connectivity index (χ1n) is 12.7. The number of pyridine rings is 1. The number of hydrogen-bond donors (Lipinski definition) is 3. The summed E-state index contributed by atoms with van der Waals surface area (Å²) in [7, 11) is 0. The number of nitrogens with zero attached hydrogens (tertiary/aromatic N) is 3. The van der Waals surface area contributed by atoms with Crippen LogP contribution in [0.3, 0.4) is 0 Å². The van der Waals surface area contributed by atoms with Crippen LogP contribution < -0.4 is 16.4 Å². The molecule has 5 rings (SSSR count). The summed E-state index contributed by atoms with van der Waals surface area (Å²) in [5.74, 6) is -0.997. The van der Waals surface area contributed by atoms with Crippen LogP contribution in [0.2, 0.25) is 0 Å². The molecular weight excluding hydrogens is 579 g/mol. The number of fused-ring (bicyclic) bond motifs is 1. The maximum absolute atomic E-state index is 13.0. The molecule has 0 spiro atoms. The van der Waals surface area contributed by atoms with E-state index in [1.807, 2.05) is 53.2 Å². The molecule has 5 aromatic rings. The third-order valence-electron chi connectivity index (χ3n) is 6.13. The van der Waals surface area contributed by atoms with Gasteiger partial charge in [0.1, 0.15) is 11.6 Å². The maximum atomic E-state index is 13.0. The van der Waals surface area contributed by atoms with Crippen molar-refractivity contribution in [3.63, 3.8) is 0 Å². The second kappa shape index (κ2) is 14.5. The molecule has 3 heterocycles. The lowest BCUT2D eigenvalue weighted by atomic mass is 10.2. The monoisotopic (exact) mass is 606 g/mol. The highest BCUT2D eigenvalue weighted by atomic mass is 32.2. The van der Waals surface area contributed by atoms with Gasteiger partial charge in [0, 0.05) is 52.8 Å². The first-order valence-corrected chi connectivity index (χ1v) is 14.6. The van der Waals surface area contributed by atoms with Crippen molar-refractivity contribution in [3.8, 4) is 11.3 Å². The Balaban J connectivity index is 0.000000283. The van der Waals surface area contributed by atoms with Crippen LogP contribution in [0.15, 0.2) is 81.4 Å². The van der Waals surface area contributed by atoms with E-state index in [9.17, 15) is 18.4 Å². The molecule has 0 fully saturated rings. The van der Waals surface area contributed by atoms with Gasteiger partial charge in [-0.1, -0.05) is 6.07 Å². The van der Waals surface area contributed by atoms with Crippen LogP contribution in [0.5, 0.6) is 0 Å². The number of aromatic nitrogens is 2. The number of aryl methyl sites for hydroxylation is 1. The fourth-order valence-electron chi connectivity index (χ4n) is 4.19. The number of imidazole rings is 1. The molecule has 0 aliphatic rings. The number of benzene rings is 2. The lowest BCUT2D eigenvalue weighted by Gasteiger charge is -2.09. The average molecular weight is 607 g/mol. The summed E-state index contributed by atoms with van der Waals surface area (Å²) in [4.78, 5) is 32.5. The summed E-state index contributed by atoms with van der Waals surface area (Å²) in [6, 6.07) is 14.6. The standard InChI is InChI=1S/C22H21N5OS2.C8H7F2NO/c1-14-20(16-7-9-29-12-16)26-21-17(4-3-8-27(14)21)22(28)25-11-15-5-6-18(24-2)19(10-15)30-13-23;9-7-1-6(4-11-5-12)2-8(10)3-7/h3-10,12H,2,11,13,23H2,1H3,(H,25,28);1-3,5H,4H2,(H,11,12). The minimum atomic E-state index is -0.641. The van der Waals surface area contributed by atoms with Crippen molar-refractivity contribution in [3.05, 3.63) is 106 Å². The van der Waals surface area contributed by atoms with Crippen LogP contribution >= 0.6 is 23.1 Å². The van der Waals surface area contributed by atoms with Gasteiger partial charge in [0.25, 0.3) is 5.91 Å². The van der Waals surface area contributed by atoms with Gasteiger partial charge in [-0.2, -0.15) is 11.3 Å². The van der Waals surface area contributed by atoms with E-state index >= 15 is 0 Å². The normalized spacial score (nSPS) is 10.6. The van der Waals surface area contributed by atoms with Crippen LogP contribution in [0, 0.1) is 18.6 Å². The number of carbonyl (C=O) groups excluding carboxylic acids is 2. The Morgan fingerprint density at radius 2 is 1.93 bits per heavy atom. The number of halogens is 2. The summed E-state index contributed by atoms with van der Waals surface area (Å²) < 4.78 is 27.0. The molecule has 0 saturated carbocycles. The van der Waals surface area contributed by atoms with Crippen LogP contribution in [-0.4, -0.2) is 34.3 Å². The molecule has 0 aliphatic heterocycles. The molecule has 3 aromatic heterocycles. The first kappa shape index (κ1) is 30.6. The Bertz CT molecular complexity index is 1690. The fraction of sp³-hybridized carbons (Fsp3) is 0.133. The van der Waals surface area contributed by atoms with E-state index in [2.05, 4.69) is 27.7 Å². The third kappa shape index (κ3) is 7.46. The zero-order valence-electron chi connectivity index (χ0n) is 22.6. The summed E-state index contributed by atoms with van der Waals surface area (Å²) in [6.07, 6.45) is 2.41. The van der Waals surface area contributed by atoms with E-state index in [0.717, 1.165) is 39.2 Å². The summed E-state index contributed by atoms with van der Waals surface area (Å²) >= 11 is 3.12. The number of amides is 2. The molecule has 0 atom stereocenters. The number of carbonyl (C=O) groups is 2. The minimum absolute atomic E-state index is 0.137. The molecule has 4 N–H and O–H groups in total. The molecule has 0 bridgehead atoms. The molecule has 8 nitrogen and oxygen atoms in total. The van der Waals surface area contributed by atoms with Crippen LogP contribution in [-0.2, 0) is 17.9 Å². The highest BCUT2D eigenvalue weighted by molar-refractivity contribution is 7.99. The average Bonchev–Trinajstić information content (AvgIpc) is 3.63. The van der Waals surface area contributed by atoms with E-state index in [-0.39, 0.29) is 12.5 Å². The van der Waals surface area contributed by atoms with Gasteiger partial charge in [-0.15, -0.1) is 11.8 Å². The minimum Gasteiger partial charge on any atom is -0.355 e. The molecule has 0 unspecified atom stereocenters. The van der Waals surface area contributed by atoms with Gasteiger partial charge in [0.05, 0.1) is 16.9 Å². The highest BCUT2D eigenvalue weighted by Gasteiger charge is 2.17. The van der Waals surface area contributed by atoms with Crippen molar-refractivity contribution in [2.45, 2.75) is 24.9 Å². The van der Waals surface area contributed by atoms with Crippen molar-refractivity contribution < 1.29 is 18.4 Å². The Hall–Kier alpha value is -4.39. The third-order valence-corrected chi connectivity index (χ3v) is 7.61. The van der Waals surface area contributed by atoms with E-state index in [1.165, 1.54) is 23.9 Å². The van der Waals surface area contributed by atoms with Crippen molar-refractivity contribution in [1.29, 1.82) is 0 Å². The van der Waals surface area contributed by atoms with E-state index in [0.29, 0.717) is 35.6 Å². The number of thiophene rings is 1. The summed E-state index contributed by atoms with van der Waals surface area (Å²) in [6.45, 7) is 6.14. The van der Waals surface area contributed by atoms with Gasteiger partial charge in [-0.05, 0) is 72.6 Å². The summed E-state index contributed by atoms with van der Waals surface area (Å²) in [5, 5.41) is 9.39. The van der Waals surface area contributed by atoms with Crippen LogP contribution in [0.25, 0.3) is 16.9 Å². The quantitative estimate of drug-likeness (QED) is 0.0799. The molecule has 0 aliphatic carbocycles. The molecule has 0 saturated heterocycles. The Kier molecular flexibility index (Phi) is 10.5. The number of thioether (sulfide) groups is 1. The largest absolute Gasteiger partial charge is 0.355 e. The van der Waals surface area contributed by atoms with Crippen molar-refractivity contribution >= 4 is 53.5 Å². The second-order valence-electron chi connectivity index (χ2n) is 8.90. The molecule has 0 radical (unpaired) electrons. The first-order chi connectivity index (χ1) is 20.3. The topological polar surface area (TPSA) is 114 Å². The predicted molar refractivity (Wildman–Crippen MR) is 164 cm³/mol. The molecule has 42 heavy (non-hydrogen) atoms. The van der Waals surface area contributed by atoms with E-state index < -0.39 is 11.6 Å². The van der Waals surface area contributed by atoms with Crippen LogP contribution in [0.1, 0.15) is 27.2 Å². The van der Waals surface area contributed by atoms with Gasteiger partial charge in [-0.25, -0.2) is 13.8 Å². The number of nitrogens with one attached hydrogen (secondary N) is 2. The second-order valence-corrected chi connectivity index (χ2v) is 10.7. The molecule has 2 aromatic carbocycles. The molecule has 12 heteroatoms. The highest BCUT2D eigenvalue weighted by Crippen LogP contribution is 2.30. The van der Waals surface area contributed by atoms with E-state index in [1.54, 1.807) is 17.4 Å². The zero-order chi connectivity index (χ0) is 30.1.